The van der Waals surface area contributed by atoms with Crippen LogP contribution in [0, 0.1) is 0 Å². The number of nitrogens with zero attached hydrogens (tertiary/aromatic N) is 1. The number of nitrogens with one attached hydrogen (secondary N) is 1. The highest BCUT2D eigenvalue weighted by atomic mass is 35.5. The van der Waals surface area contributed by atoms with E-state index in [-0.39, 0.29) is 11.8 Å². The van der Waals surface area contributed by atoms with Crippen LogP contribution in [0.2, 0.25) is 5.02 Å². The third kappa shape index (κ3) is 2.70. The minimum absolute atomic E-state index is 0.0721. The van der Waals surface area contributed by atoms with Crippen LogP contribution < -0.4 is 5.32 Å². The predicted octanol–water partition coefficient (Wildman–Crippen LogP) is 3.69. The zero-order chi connectivity index (χ0) is 12.4. The van der Waals surface area contributed by atoms with Gasteiger partial charge in [-0.05, 0) is 24.1 Å². The number of thiazole rings is 1. The molecule has 0 atom stereocenters. The van der Waals surface area contributed by atoms with Gasteiger partial charge < -0.3 is 5.32 Å². The zero-order valence-electron chi connectivity index (χ0n) is 9.09. The Morgan fingerprint density at radius 3 is 2.94 bits per heavy atom. The first-order chi connectivity index (χ1) is 8.13. The van der Waals surface area contributed by atoms with Crippen LogP contribution in [0.5, 0.6) is 0 Å². The van der Waals surface area contributed by atoms with E-state index in [4.69, 9.17) is 23.2 Å². The molecule has 3 nitrogen and oxygen atoms in total. The Bertz CT molecular complexity index is 568. The Labute approximate surface area is 113 Å². The summed E-state index contributed by atoms with van der Waals surface area (Å²) in [5.41, 5.74) is 1.97. The summed E-state index contributed by atoms with van der Waals surface area (Å²) in [5, 5.41) is 3.89. The van der Waals surface area contributed by atoms with E-state index in [9.17, 15) is 4.79 Å². The van der Waals surface area contributed by atoms with Crippen LogP contribution in [0.3, 0.4) is 0 Å². The Morgan fingerprint density at radius 2 is 2.29 bits per heavy atom. The molecule has 1 aromatic heterocycles. The second-order valence-electron chi connectivity index (χ2n) is 3.47. The van der Waals surface area contributed by atoms with Crippen LogP contribution in [0.25, 0.3) is 10.2 Å². The standard InChI is InChI=1S/C11H10Cl2N2OS/c1-2-6-3-7(13)4-8-10(6)15-11(17-8)14-9(16)5-12/h3-4H,2,5H2,1H3,(H,14,15,16). The van der Waals surface area contributed by atoms with Gasteiger partial charge in [0.1, 0.15) is 5.88 Å². The number of aromatic nitrogens is 1. The van der Waals surface area contributed by atoms with E-state index in [1.165, 1.54) is 11.3 Å². The summed E-state index contributed by atoms with van der Waals surface area (Å²) in [6, 6.07) is 3.75. The SMILES string of the molecule is CCc1cc(Cl)cc2sc(NC(=O)CCl)nc12. The molecule has 0 spiro atoms. The van der Waals surface area contributed by atoms with Crippen LogP contribution in [0.4, 0.5) is 5.13 Å². The summed E-state index contributed by atoms with van der Waals surface area (Å²) in [7, 11) is 0. The van der Waals surface area contributed by atoms with Gasteiger partial charge in [-0.1, -0.05) is 29.9 Å². The third-order valence-corrected chi connectivity index (χ3v) is 3.67. The molecule has 2 aromatic rings. The fourth-order valence-corrected chi connectivity index (χ4v) is 2.88. The first-order valence-corrected chi connectivity index (χ1v) is 6.81. The molecule has 2 rings (SSSR count). The fraction of sp³-hybridized carbons (Fsp3) is 0.273. The van der Waals surface area contributed by atoms with Gasteiger partial charge in [-0.25, -0.2) is 4.98 Å². The number of hydrogen-bond donors (Lipinski definition) is 1. The van der Waals surface area contributed by atoms with Gasteiger partial charge in [0, 0.05) is 5.02 Å². The molecule has 0 unspecified atom stereocenters. The number of amides is 1. The number of aryl methyl sites for hydroxylation is 1. The monoisotopic (exact) mass is 288 g/mol. The van der Waals surface area contributed by atoms with Crippen molar-refractivity contribution < 1.29 is 4.79 Å². The van der Waals surface area contributed by atoms with E-state index in [1.807, 2.05) is 19.1 Å². The smallest absolute Gasteiger partial charge is 0.241 e. The summed E-state index contributed by atoms with van der Waals surface area (Å²) in [4.78, 5) is 15.6. The number of benzene rings is 1. The lowest BCUT2D eigenvalue weighted by Gasteiger charge is -1.98. The van der Waals surface area contributed by atoms with Gasteiger partial charge in [0.15, 0.2) is 5.13 Å². The number of carbonyl (C=O) groups excluding carboxylic acids is 1. The maximum absolute atomic E-state index is 11.2. The van der Waals surface area contributed by atoms with E-state index in [1.54, 1.807) is 0 Å². The highest BCUT2D eigenvalue weighted by molar-refractivity contribution is 7.22. The van der Waals surface area contributed by atoms with Crippen molar-refractivity contribution >= 4 is 55.8 Å². The second kappa shape index (κ2) is 5.21. The van der Waals surface area contributed by atoms with Crippen LogP contribution in [0.15, 0.2) is 12.1 Å². The van der Waals surface area contributed by atoms with Crippen molar-refractivity contribution in [1.29, 1.82) is 0 Å². The van der Waals surface area contributed by atoms with Crippen molar-refractivity contribution in [2.24, 2.45) is 0 Å². The molecule has 0 aliphatic carbocycles. The summed E-state index contributed by atoms with van der Waals surface area (Å²) in [6.45, 7) is 2.04. The Balaban J connectivity index is 2.45. The minimum Gasteiger partial charge on any atom is -0.301 e. The molecule has 1 N–H and O–H groups in total. The Kier molecular flexibility index (Phi) is 3.86. The molecular formula is C11H10Cl2N2OS. The molecule has 90 valence electrons. The number of anilines is 1. The topological polar surface area (TPSA) is 42.0 Å². The van der Waals surface area contributed by atoms with Crippen LogP contribution >= 0.6 is 34.5 Å². The number of carbonyl (C=O) groups is 1. The van der Waals surface area contributed by atoms with Crippen LogP contribution in [0.1, 0.15) is 12.5 Å². The molecule has 0 fully saturated rings. The molecule has 0 saturated heterocycles. The maximum atomic E-state index is 11.2. The highest BCUT2D eigenvalue weighted by Crippen LogP contribution is 2.31. The second-order valence-corrected chi connectivity index (χ2v) is 5.20. The summed E-state index contributed by atoms with van der Waals surface area (Å²) >= 11 is 12.8. The molecule has 6 heteroatoms. The number of alkyl halides is 1. The first kappa shape index (κ1) is 12.6. The number of hydrogen-bond acceptors (Lipinski definition) is 3. The van der Waals surface area contributed by atoms with Crippen molar-refractivity contribution in [3.63, 3.8) is 0 Å². The maximum Gasteiger partial charge on any atom is 0.241 e. The average molecular weight is 289 g/mol. The summed E-state index contributed by atoms with van der Waals surface area (Å²) in [6.07, 6.45) is 0.851. The average Bonchev–Trinajstić information content (AvgIpc) is 2.69. The molecule has 0 radical (unpaired) electrons. The van der Waals surface area contributed by atoms with E-state index < -0.39 is 0 Å². The molecule has 1 aromatic carbocycles. The van der Waals surface area contributed by atoms with E-state index in [0.717, 1.165) is 22.2 Å². The van der Waals surface area contributed by atoms with Crippen LogP contribution in [-0.2, 0) is 11.2 Å². The van der Waals surface area contributed by atoms with Crippen molar-refractivity contribution in [3.05, 3.63) is 22.7 Å². The van der Waals surface area contributed by atoms with E-state index in [2.05, 4.69) is 10.3 Å². The van der Waals surface area contributed by atoms with Gasteiger partial charge >= 0.3 is 0 Å². The van der Waals surface area contributed by atoms with Crippen molar-refractivity contribution in [2.75, 3.05) is 11.2 Å². The molecule has 0 aliphatic rings. The number of rotatable bonds is 3. The lowest BCUT2D eigenvalue weighted by molar-refractivity contribution is -0.113. The molecule has 17 heavy (non-hydrogen) atoms. The van der Waals surface area contributed by atoms with E-state index >= 15 is 0 Å². The number of halogens is 2. The highest BCUT2D eigenvalue weighted by Gasteiger charge is 2.10. The van der Waals surface area contributed by atoms with Crippen molar-refractivity contribution in [3.8, 4) is 0 Å². The Hall–Kier alpha value is -0.840. The quantitative estimate of drug-likeness (QED) is 0.876. The first-order valence-electron chi connectivity index (χ1n) is 5.08. The number of fused-ring (bicyclic) bond motifs is 1. The molecule has 0 bridgehead atoms. The van der Waals surface area contributed by atoms with Crippen LogP contribution in [-0.4, -0.2) is 16.8 Å². The van der Waals surface area contributed by atoms with Gasteiger partial charge in [-0.2, -0.15) is 0 Å². The van der Waals surface area contributed by atoms with Gasteiger partial charge in [0.2, 0.25) is 5.91 Å². The molecular weight excluding hydrogens is 279 g/mol. The lowest BCUT2D eigenvalue weighted by Crippen LogP contribution is -2.12. The van der Waals surface area contributed by atoms with Gasteiger partial charge in [-0.3, -0.25) is 4.79 Å². The zero-order valence-corrected chi connectivity index (χ0v) is 11.4. The minimum atomic E-state index is -0.255. The Morgan fingerprint density at radius 1 is 1.53 bits per heavy atom. The van der Waals surface area contributed by atoms with Gasteiger partial charge in [0.25, 0.3) is 0 Å². The lowest BCUT2D eigenvalue weighted by atomic mass is 10.1. The largest absolute Gasteiger partial charge is 0.301 e. The van der Waals surface area contributed by atoms with E-state index in [0.29, 0.717) is 10.2 Å². The molecule has 0 saturated carbocycles. The fourth-order valence-electron chi connectivity index (χ4n) is 1.54. The van der Waals surface area contributed by atoms with Gasteiger partial charge in [0.05, 0.1) is 10.2 Å². The summed E-state index contributed by atoms with van der Waals surface area (Å²) in [5.74, 6) is -0.327. The third-order valence-electron chi connectivity index (χ3n) is 2.29. The molecule has 1 amide bonds. The molecule has 1 heterocycles. The van der Waals surface area contributed by atoms with Gasteiger partial charge in [-0.15, -0.1) is 11.6 Å². The molecule has 0 aliphatic heterocycles. The van der Waals surface area contributed by atoms with Crippen molar-refractivity contribution in [2.45, 2.75) is 13.3 Å². The summed E-state index contributed by atoms with van der Waals surface area (Å²) < 4.78 is 0.972. The van der Waals surface area contributed by atoms with Crippen molar-refractivity contribution in [1.82, 2.24) is 4.98 Å². The predicted molar refractivity (Wildman–Crippen MR) is 73.4 cm³/mol. The normalized spacial score (nSPS) is 10.8.